The lowest BCUT2D eigenvalue weighted by Crippen LogP contribution is -2.35. The van der Waals surface area contributed by atoms with Crippen LogP contribution in [-0.4, -0.2) is 33.2 Å². The Hall–Kier alpha value is -2.35. The number of rotatable bonds is 7. The first-order chi connectivity index (χ1) is 13.9. The summed E-state index contributed by atoms with van der Waals surface area (Å²) in [6.45, 7) is 0.169. The van der Waals surface area contributed by atoms with Crippen LogP contribution in [0.25, 0.3) is 0 Å². The molecule has 156 valence electrons. The highest BCUT2D eigenvalue weighted by Gasteiger charge is 2.36. The summed E-state index contributed by atoms with van der Waals surface area (Å²) in [7, 11) is 0. The van der Waals surface area contributed by atoms with E-state index in [0.717, 1.165) is 44.6 Å². The molecule has 1 amide bonds. The van der Waals surface area contributed by atoms with Gasteiger partial charge in [-0.05, 0) is 37.3 Å². The number of nitrogens with one attached hydrogen (secondary N) is 1. The summed E-state index contributed by atoms with van der Waals surface area (Å²) >= 11 is 0. The van der Waals surface area contributed by atoms with Gasteiger partial charge in [0.2, 0.25) is 5.91 Å². The summed E-state index contributed by atoms with van der Waals surface area (Å²) in [5.41, 5.74) is -0.430. The molecule has 1 aromatic heterocycles. The molecule has 0 unspecified atom stereocenters. The zero-order valence-corrected chi connectivity index (χ0v) is 16.2. The first-order valence-corrected chi connectivity index (χ1v) is 10.1. The smallest absolute Gasteiger partial charge is 0.310 e. The Bertz CT molecular complexity index is 854. The topological polar surface area (TPSA) is 50.2 Å². The van der Waals surface area contributed by atoms with E-state index in [1.54, 1.807) is 18.3 Å². The summed E-state index contributed by atoms with van der Waals surface area (Å²) < 4.78 is 41.8. The molecule has 0 atom stereocenters. The number of halogens is 3. The zero-order chi connectivity index (χ0) is 20.4. The normalized spacial score (nSPS) is 17.8. The summed E-state index contributed by atoms with van der Waals surface area (Å²) in [6, 6.07) is 7.82. The highest BCUT2D eigenvalue weighted by molar-refractivity contribution is 5.91. The first kappa shape index (κ1) is 19.9. The van der Waals surface area contributed by atoms with Crippen molar-refractivity contribution >= 4 is 11.7 Å². The number of amides is 1. The molecule has 2 fully saturated rings. The Morgan fingerprint density at radius 1 is 1.14 bits per heavy atom. The van der Waals surface area contributed by atoms with Crippen molar-refractivity contribution in [1.29, 1.82) is 0 Å². The number of carbonyl (C=O) groups is 1. The summed E-state index contributed by atoms with van der Waals surface area (Å²) in [6.07, 6.45) is 3.49. The number of carbonyl (C=O) groups excluding carboxylic acids is 1. The van der Waals surface area contributed by atoms with Crippen molar-refractivity contribution in [1.82, 2.24) is 14.7 Å². The van der Waals surface area contributed by atoms with Gasteiger partial charge in [-0.25, -0.2) is 4.68 Å². The van der Waals surface area contributed by atoms with Crippen LogP contribution in [-0.2, 0) is 17.5 Å². The minimum atomic E-state index is -4.40. The predicted octanol–water partition coefficient (Wildman–Crippen LogP) is 4.62. The minimum Gasteiger partial charge on any atom is -0.310 e. The van der Waals surface area contributed by atoms with Gasteiger partial charge in [0.1, 0.15) is 5.82 Å². The third kappa shape index (κ3) is 4.80. The van der Waals surface area contributed by atoms with Crippen molar-refractivity contribution in [2.24, 2.45) is 0 Å². The van der Waals surface area contributed by atoms with Gasteiger partial charge in [-0.3, -0.25) is 9.69 Å². The standard InChI is InChI=1S/C21H25F3N4O/c22-21(23,24)18-8-4-1-5-15(18)13-27(16-9-10-16)14-20(29)26-19-11-12-25-28(19)17-6-2-3-7-17/h1,4-5,8,11-12,16-17H,2-3,6-7,9-10,13-14H2,(H,26,29). The highest BCUT2D eigenvalue weighted by Crippen LogP contribution is 2.35. The van der Waals surface area contributed by atoms with E-state index in [0.29, 0.717) is 11.9 Å². The molecule has 4 rings (SSSR count). The van der Waals surface area contributed by atoms with E-state index in [9.17, 15) is 18.0 Å². The highest BCUT2D eigenvalue weighted by atomic mass is 19.4. The number of nitrogens with zero attached hydrogens (tertiary/aromatic N) is 3. The fraction of sp³-hybridized carbons (Fsp3) is 0.524. The molecule has 2 aromatic rings. The van der Waals surface area contributed by atoms with Gasteiger partial charge in [0.15, 0.2) is 0 Å². The van der Waals surface area contributed by atoms with E-state index in [2.05, 4.69) is 10.4 Å². The Labute approximate surface area is 167 Å². The van der Waals surface area contributed by atoms with Crippen LogP contribution >= 0.6 is 0 Å². The lowest BCUT2D eigenvalue weighted by Gasteiger charge is -2.24. The second kappa shape index (κ2) is 8.18. The zero-order valence-electron chi connectivity index (χ0n) is 16.2. The van der Waals surface area contributed by atoms with Gasteiger partial charge >= 0.3 is 6.18 Å². The van der Waals surface area contributed by atoms with Gasteiger partial charge in [0, 0.05) is 18.7 Å². The lowest BCUT2D eigenvalue weighted by molar-refractivity contribution is -0.138. The van der Waals surface area contributed by atoms with Crippen LogP contribution < -0.4 is 5.32 Å². The number of benzene rings is 1. The minimum absolute atomic E-state index is 0.0622. The Balaban J connectivity index is 1.44. The summed E-state index contributed by atoms with van der Waals surface area (Å²) in [4.78, 5) is 14.5. The Morgan fingerprint density at radius 3 is 2.55 bits per heavy atom. The number of anilines is 1. The largest absolute Gasteiger partial charge is 0.416 e. The SMILES string of the molecule is O=C(CN(Cc1ccccc1C(F)(F)F)C1CC1)Nc1ccnn1C1CCCC1. The number of hydrogen-bond acceptors (Lipinski definition) is 3. The molecule has 1 N–H and O–H groups in total. The van der Waals surface area contributed by atoms with Gasteiger partial charge in [-0.1, -0.05) is 31.0 Å². The third-order valence-electron chi connectivity index (χ3n) is 5.71. The molecule has 2 saturated carbocycles. The molecule has 0 spiro atoms. The van der Waals surface area contributed by atoms with Gasteiger partial charge < -0.3 is 5.32 Å². The van der Waals surface area contributed by atoms with Gasteiger partial charge in [0.25, 0.3) is 0 Å². The molecule has 0 saturated heterocycles. The molecule has 2 aliphatic carbocycles. The molecule has 0 aliphatic heterocycles. The van der Waals surface area contributed by atoms with Crippen molar-refractivity contribution in [3.63, 3.8) is 0 Å². The van der Waals surface area contributed by atoms with Crippen LogP contribution in [0.4, 0.5) is 19.0 Å². The molecular formula is C21H25F3N4O. The molecule has 29 heavy (non-hydrogen) atoms. The van der Waals surface area contributed by atoms with Crippen molar-refractivity contribution in [3.05, 3.63) is 47.7 Å². The first-order valence-electron chi connectivity index (χ1n) is 10.1. The average Bonchev–Trinajstić information content (AvgIpc) is 3.18. The predicted molar refractivity (Wildman–Crippen MR) is 103 cm³/mol. The molecule has 0 bridgehead atoms. The second-order valence-corrected chi connectivity index (χ2v) is 7.94. The van der Waals surface area contributed by atoms with Gasteiger partial charge in [-0.2, -0.15) is 18.3 Å². The van der Waals surface area contributed by atoms with E-state index >= 15 is 0 Å². The molecule has 2 aliphatic rings. The van der Waals surface area contributed by atoms with E-state index in [1.165, 1.54) is 12.1 Å². The van der Waals surface area contributed by atoms with Gasteiger partial charge in [0.05, 0.1) is 24.3 Å². The van der Waals surface area contributed by atoms with E-state index in [-0.39, 0.29) is 30.6 Å². The van der Waals surface area contributed by atoms with E-state index in [4.69, 9.17) is 0 Å². The molecule has 5 nitrogen and oxygen atoms in total. The van der Waals surface area contributed by atoms with E-state index in [1.807, 2.05) is 9.58 Å². The Morgan fingerprint density at radius 2 is 1.86 bits per heavy atom. The second-order valence-electron chi connectivity index (χ2n) is 7.94. The summed E-state index contributed by atoms with van der Waals surface area (Å²) in [5.74, 6) is 0.439. The summed E-state index contributed by atoms with van der Waals surface area (Å²) in [5, 5.41) is 7.26. The number of aromatic nitrogens is 2. The van der Waals surface area contributed by atoms with E-state index < -0.39 is 11.7 Å². The maximum Gasteiger partial charge on any atom is 0.416 e. The monoisotopic (exact) mass is 406 g/mol. The molecule has 8 heteroatoms. The molecule has 1 heterocycles. The maximum atomic E-state index is 13.3. The molecular weight excluding hydrogens is 381 g/mol. The fourth-order valence-electron chi connectivity index (χ4n) is 4.13. The third-order valence-corrected chi connectivity index (χ3v) is 5.71. The van der Waals surface area contributed by atoms with Crippen molar-refractivity contribution in [2.75, 3.05) is 11.9 Å². The van der Waals surface area contributed by atoms with Crippen LogP contribution in [0.1, 0.15) is 55.7 Å². The van der Waals surface area contributed by atoms with Crippen molar-refractivity contribution < 1.29 is 18.0 Å². The number of alkyl halides is 3. The van der Waals surface area contributed by atoms with Crippen LogP contribution in [0.2, 0.25) is 0 Å². The van der Waals surface area contributed by atoms with Crippen LogP contribution in [0.5, 0.6) is 0 Å². The van der Waals surface area contributed by atoms with Crippen LogP contribution in [0, 0.1) is 0 Å². The Kier molecular flexibility index (Phi) is 5.63. The lowest BCUT2D eigenvalue weighted by atomic mass is 10.1. The maximum absolute atomic E-state index is 13.3. The fourth-order valence-corrected chi connectivity index (χ4v) is 4.13. The molecule has 1 aromatic carbocycles. The van der Waals surface area contributed by atoms with Crippen LogP contribution in [0.3, 0.4) is 0 Å². The average molecular weight is 406 g/mol. The quantitative estimate of drug-likeness (QED) is 0.730. The van der Waals surface area contributed by atoms with Crippen molar-refractivity contribution in [2.45, 2.75) is 63.3 Å². The van der Waals surface area contributed by atoms with Crippen LogP contribution in [0.15, 0.2) is 36.5 Å². The van der Waals surface area contributed by atoms with Gasteiger partial charge in [-0.15, -0.1) is 0 Å². The number of hydrogen-bond donors (Lipinski definition) is 1. The molecule has 0 radical (unpaired) electrons. The van der Waals surface area contributed by atoms with Crippen molar-refractivity contribution in [3.8, 4) is 0 Å².